The largest absolute Gasteiger partial charge is 0.497 e. The molecule has 61 heavy (non-hydrogen) atoms. The summed E-state index contributed by atoms with van der Waals surface area (Å²) in [7, 11) is 4.86. The van der Waals surface area contributed by atoms with Gasteiger partial charge in [-0.3, -0.25) is 9.47 Å². The molecule has 0 bridgehead atoms. The molecule has 11 nitrogen and oxygen atoms in total. The number of benzene rings is 6. The highest BCUT2D eigenvalue weighted by Crippen LogP contribution is 2.42. The van der Waals surface area contributed by atoms with Crippen molar-refractivity contribution in [1.29, 1.82) is 0 Å². The molecule has 1 atom stereocenters. The first-order valence-corrected chi connectivity index (χ1v) is 20.0. The van der Waals surface area contributed by atoms with Crippen LogP contribution in [0.15, 0.2) is 176 Å². The van der Waals surface area contributed by atoms with E-state index in [0.717, 1.165) is 45.0 Å². The van der Waals surface area contributed by atoms with Crippen LogP contribution < -0.4 is 19.1 Å². The van der Waals surface area contributed by atoms with Gasteiger partial charge in [0.1, 0.15) is 29.9 Å². The summed E-state index contributed by atoms with van der Waals surface area (Å²) in [5.74, 6) is 2.13. The smallest absolute Gasteiger partial charge is 0.246 e. The molecule has 6 aromatic carbocycles. The minimum atomic E-state index is -1.04. The third-order valence-corrected chi connectivity index (χ3v) is 10.7. The highest BCUT2D eigenvalue weighted by molar-refractivity contribution is 5.79. The number of anilines is 2. The third-order valence-electron chi connectivity index (χ3n) is 10.7. The molecule has 0 spiro atoms. The SMILES string of the molecule is COc1ccc(N(c2nc(OC)c3ncn(COC(CO)COC(c4ccccc4)(c4ccccc4)c4ccc(OC)cc4)c3n2)C(c2ccccc2)c2ccccc2)cc1. The average molecular weight is 814 g/mol. The first kappa shape index (κ1) is 40.7. The second-order valence-electron chi connectivity index (χ2n) is 14.3. The van der Waals surface area contributed by atoms with Crippen LogP contribution in [0, 0.1) is 0 Å². The molecule has 0 saturated heterocycles. The minimum Gasteiger partial charge on any atom is -0.497 e. The van der Waals surface area contributed by atoms with Gasteiger partial charge in [0.25, 0.3) is 0 Å². The molecule has 0 aliphatic heterocycles. The van der Waals surface area contributed by atoms with Gasteiger partial charge in [-0.25, -0.2) is 4.98 Å². The van der Waals surface area contributed by atoms with Gasteiger partial charge in [-0.05, 0) is 64.2 Å². The number of hydrogen-bond donors (Lipinski definition) is 1. The number of methoxy groups -OCH3 is 3. The van der Waals surface area contributed by atoms with Crippen molar-refractivity contribution in [1.82, 2.24) is 19.5 Å². The van der Waals surface area contributed by atoms with Gasteiger partial charge in [-0.1, -0.05) is 133 Å². The summed E-state index contributed by atoms with van der Waals surface area (Å²) in [4.78, 5) is 16.9. The molecule has 0 fully saturated rings. The van der Waals surface area contributed by atoms with Gasteiger partial charge in [0.15, 0.2) is 11.2 Å². The lowest BCUT2D eigenvalue weighted by molar-refractivity contribution is -0.0970. The predicted molar refractivity (Wildman–Crippen MR) is 235 cm³/mol. The Morgan fingerprint density at radius 2 is 1.11 bits per heavy atom. The normalized spacial score (nSPS) is 12.0. The third kappa shape index (κ3) is 8.53. The summed E-state index contributed by atoms with van der Waals surface area (Å²) in [6.07, 6.45) is 0.905. The lowest BCUT2D eigenvalue weighted by Gasteiger charge is -2.37. The Balaban J connectivity index is 1.15. The maximum Gasteiger partial charge on any atom is 0.246 e. The number of rotatable bonds is 18. The van der Waals surface area contributed by atoms with Crippen LogP contribution >= 0.6 is 0 Å². The Labute approximate surface area is 355 Å². The van der Waals surface area contributed by atoms with Crippen LogP contribution in [0.4, 0.5) is 11.6 Å². The monoisotopic (exact) mass is 813 g/mol. The van der Waals surface area contributed by atoms with E-state index >= 15 is 0 Å². The quantitative estimate of drug-likeness (QED) is 0.0842. The van der Waals surface area contributed by atoms with Crippen LogP contribution in [-0.2, 0) is 21.8 Å². The van der Waals surface area contributed by atoms with Gasteiger partial charge in [-0.15, -0.1) is 0 Å². The van der Waals surface area contributed by atoms with Crippen LogP contribution in [0.5, 0.6) is 17.4 Å². The lowest BCUT2D eigenvalue weighted by Crippen LogP contribution is -2.37. The van der Waals surface area contributed by atoms with Crippen molar-refractivity contribution >= 4 is 22.8 Å². The van der Waals surface area contributed by atoms with Gasteiger partial charge in [0.05, 0.1) is 46.9 Å². The van der Waals surface area contributed by atoms with Crippen LogP contribution in [0.25, 0.3) is 11.2 Å². The van der Waals surface area contributed by atoms with E-state index in [2.05, 4.69) is 34.1 Å². The zero-order valence-electron chi connectivity index (χ0n) is 34.2. The molecule has 308 valence electrons. The molecule has 8 aromatic rings. The van der Waals surface area contributed by atoms with Gasteiger partial charge in [0, 0.05) is 5.69 Å². The fourth-order valence-electron chi connectivity index (χ4n) is 7.61. The second kappa shape index (κ2) is 18.9. The number of aromatic nitrogens is 4. The van der Waals surface area contributed by atoms with E-state index in [9.17, 15) is 5.11 Å². The van der Waals surface area contributed by atoms with E-state index in [-0.39, 0.29) is 26.0 Å². The maximum atomic E-state index is 10.8. The molecule has 0 aliphatic carbocycles. The van der Waals surface area contributed by atoms with Crippen LogP contribution in [-0.4, -0.2) is 65.3 Å². The fraction of sp³-hybridized carbons (Fsp3) is 0.180. The van der Waals surface area contributed by atoms with Crippen molar-refractivity contribution in [3.63, 3.8) is 0 Å². The first-order chi connectivity index (χ1) is 30.1. The molecule has 1 N–H and O–H groups in total. The molecular weight excluding hydrogens is 767 g/mol. The number of imidazole rings is 1. The van der Waals surface area contributed by atoms with E-state index in [4.69, 9.17) is 33.7 Å². The topological polar surface area (TPSA) is 113 Å². The fourth-order valence-corrected chi connectivity index (χ4v) is 7.61. The Morgan fingerprint density at radius 3 is 1.62 bits per heavy atom. The summed E-state index contributed by atoms with van der Waals surface area (Å²) >= 11 is 0. The van der Waals surface area contributed by atoms with E-state index < -0.39 is 11.7 Å². The van der Waals surface area contributed by atoms with Crippen LogP contribution in [0.1, 0.15) is 33.9 Å². The van der Waals surface area contributed by atoms with Crippen molar-refractivity contribution in [2.75, 3.05) is 39.4 Å². The zero-order chi connectivity index (χ0) is 42.0. The van der Waals surface area contributed by atoms with Crippen molar-refractivity contribution in [2.24, 2.45) is 0 Å². The molecule has 11 heteroatoms. The Morgan fingerprint density at radius 1 is 0.607 bits per heavy atom. The number of hydrogen-bond acceptors (Lipinski definition) is 10. The number of aliphatic hydroxyl groups excluding tert-OH is 1. The number of aliphatic hydroxyl groups is 1. The number of fused-ring (bicyclic) bond motifs is 1. The van der Waals surface area contributed by atoms with E-state index in [1.165, 1.54) is 0 Å². The van der Waals surface area contributed by atoms with Gasteiger partial charge >= 0.3 is 0 Å². The molecule has 2 heterocycles. The molecular formula is C50H47N5O6. The first-order valence-electron chi connectivity index (χ1n) is 20.0. The van der Waals surface area contributed by atoms with Crippen LogP contribution in [0.3, 0.4) is 0 Å². The molecule has 0 aliphatic rings. The molecule has 1 unspecified atom stereocenters. The number of ether oxygens (including phenoxy) is 5. The van der Waals surface area contributed by atoms with Crippen molar-refractivity contribution < 1.29 is 28.8 Å². The van der Waals surface area contributed by atoms with Crippen molar-refractivity contribution in [3.05, 3.63) is 204 Å². The molecule has 0 amide bonds. The summed E-state index contributed by atoms with van der Waals surface area (Å²) in [6, 6.07) is 55.9. The highest BCUT2D eigenvalue weighted by atomic mass is 16.6. The van der Waals surface area contributed by atoms with Gasteiger partial charge in [-0.2, -0.15) is 9.97 Å². The summed E-state index contributed by atoms with van der Waals surface area (Å²) < 4.78 is 32.2. The Bertz CT molecular complexity index is 2520. The Kier molecular flexibility index (Phi) is 12.6. The predicted octanol–water partition coefficient (Wildman–Crippen LogP) is 9.12. The molecule has 2 aromatic heterocycles. The van der Waals surface area contributed by atoms with Crippen molar-refractivity contribution in [3.8, 4) is 17.4 Å². The number of nitrogens with zero attached hydrogens (tertiary/aromatic N) is 5. The van der Waals surface area contributed by atoms with E-state index in [1.807, 2.05) is 146 Å². The molecule has 8 rings (SSSR count). The molecule has 0 radical (unpaired) electrons. The van der Waals surface area contributed by atoms with E-state index in [0.29, 0.717) is 23.0 Å². The maximum absolute atomic E-state index is 10.8. The average Bonchev–Trinajstić information content (AvgIpc) is 3.75. The minimum absolute atomic E-state index is 0.000237. The standard InChI is InChI=1S/C50H47N5O6/c1-57-42-28-24-40(25-29-42)50(38-20-12-6-13-21-38,39-22-14-7-15-23-39)61-33-44(32-56)60-35-54-34-51-45-47(54)52-49(53-48(45)59-3)55(41-26-30-43(58-2)31-27-41)46(36-16-8-4-9-17-36)37-18-10-5-11-19-37/h4-31,34,44,46,56H,32-33,35H2,1-3H3. The summed E-state index contributed by atoms with van der Waals surface area (Å²) in [5.41, 5.74) is 5.54. The zero-order valence-corrected chi connectivity index (χ0v) is 34.2. The van der Waals surface area contributed by atoms with Crippen LogP contribution in [0.2, 0.25) is 0 Å². The van der Waals surface area contributed by atoms with Gasteiger partial charge < -0.3 is 28.8 Å². The van der Waals surface area contributed by atoms with Gasteiger partial charge in [0.2, 0.25) is 11.8 Å². The lowest BCUT2D eigenvalue weighted by atomic mass is 9.80. The summed E-state index contributed by atoms with van der Waals surface area (Å²) in [5, 5.41) is 10.8. The summed E-state index contributed by atoms with van der Waals surface area (Å²) in [6.45, 7) is -0.261. The molecule has 0 saturated carbocycles. The van der Waals surface area contributed by atoms with Crippen molar-refractivity contribution in [2.45, 2.75) is 24.5 Å². The highest BCUT2D eigenvalue weighted by Gasteiger charge is 2.38. The van der Waals surface area contributed by atoms with E-state index in [1.54, 1.807) is 32.2 Å². The Hall–Kier alpha value is -7.05. The second-order valence-corrected chi connectivity index (χ2v) is 14.3.